The first-order valence-electron chi connectivity index (χ1n) is 6.57. The molecular formula is C13H21Cl2N5. The fraction of sp³-hybridized carbons (Fsp3) is 0.538. The first-order chi connectivity index (χ1) is 9.49. The molecule has 20 heavy (non-hydrogen) atoms. The highest BCUT2D eigenvalue weighted by atomic mass is 35.5. The van der Waals surface area contributed by atoms with Crippen LogP contribution in [0.25, 0.3) is 0 Å². The number of hydrogen-bond acceptors (Lipinski definition) is 3. The molecule has 0 fully saturated rings. The van der Waals surface area contributed by atoms with Crippen LogP contribution in [0, 0.1) is 5.92 Å². The van der Waals surface area contributed by atoms with Crippen LogP contribution in [0.5, 0.6) is 0 Å². The molecule has 0 saturated carbocycles. The highest BCUT2D eigenvalue weighted by Crippen LogP contribution is 2.21. The highest BCUT2D eigenvalue weighted by molar-refractivity contribution is 6.35. The Labute approximate surface area is 130 Å². The van der Waals surface area contributed by atoms with Crippen LogP contribution in [-0.2, 0) is 0 Å². The van der Waals surface area contributed by atoms with Gasteiger partial charge in [0.15, 0.2) is 5.96 Å². The summed E-state index contributed by atoms with van der Waals surface area (Å²) in [5.41, 5.74) is 5.74. The van der Waals surface area contributed by atoms with Crippen LogP contribution in [0.15, 0.2) is 17.3 Å². The molecule has 0 amide bonds. The van der Waals surface area contributed by atoms with Gasteiger partial charge >= 0.3 is 0 Å². The van der Waals surface area contributed by atoms with E-state index in [0.29, 0.717) is 40.8 Å². The summed E-state index contributed by atoms with van der Waals surface area (Å²) in [5.74, 6) is 1.70. The Morgan fingerprint density at radius 2 is 2.15 bits per heavy atom. The second kappa shape index (κ2) is 8.87. The van der Waals surface area contributed by atoms with Crippen molar-refractivity contribution in [1.82, 2.24) is 10.3 Å². The van der Waals surface area contributed by atoms with Gasteiger partial charge in [0.05, 0.1) is 10.0 Å². The summed E-state index contributed by atoms with van der Waals surface area (Å²) in [6, 6.07) is 1.65. The van der Waals surface area contributed by atoms with Gasteiger partial charge in [-0.1, -0.05) is 37.0 Å². The van der Waals surface area contributed by atoms with Crippen molar-refractivity contribution in [3.63, 3.8) is 0 Å². The smallest absolute Gasteiger partial charge is 0.188 e. The minimum atomic E-state index is 0.461. The fourth-order valence-corrected chi connectivity index (χ4v) is 1.86. The molecule has 112 valence electrons. The Morgan fingerprint density at radius 3 is 2.80 bits per heavy atom. The summed E-state index contributed by atoms with van der Waals surface area (Å²) in [6.07, 6.45) is 2.58. The predicted molar refractivity (Wildman–Crippen MR) is 86.7 cm³/mol. The molecule has 4 N–H and O–H groups in total. The van der Waals surface area contributed by atoms with Crippen molar-refractivity contribution in [3.8, 4) is 0 Å². The van der Waals surface area contributed by atoms with Crippen LogP contribution >= 0.6 is 23.2 Å². The van der Waals surface area contributed by atoms with E-state index in [4.69, 9.17) is 28.9 Å². The summed E-state index contributed by atoms with van der Waals surface area (Å²) in [5, 5.41) is 7.13. The van der Waals surface area contributed by atoms with Crippen molar-refractivity contribution in [1.29, 1.82) is 0 Å². The predicted octanol–water partition coefficient (Wildman–Crippen LogP) is 2.75. The lowest BCUT2D eigenvalue weighted by Gasteiger charge is -2.09. The van der Waals surface area contributed by atoms with Crippen LogP contribution in [0.4, 0.5) is 5.82 Å². The van der Waals surface area contributed by atoms with Gasteiger partial charge in [-0.15, -0.1) is 0 Å². The van der Waals surface area contributed by atoms with Gasteiger partial charge in [0.1, 0.15) is 5.82 Å². The van der Waals surface area contributed by atoms with Crippen LogP contribution in [0.1, 0.15) is 20.3 Å². The maximum atomic E-state index is 5.99. The van der Waals surface area contributed by atoms with Gasteiger partial charge in [-0.05, 0) is 18.4 Å². The molecule has 0 atom stereocenters. The third-order valence-corrected chi connectivity index (χ3v) is 3.01. The van der Waals surface area contributed by atoms with Crippen molar-refractivity contribution in [2.75, 3.05) is 25.0 Å². The summed E-state index contributed by atoms with van der Waals surface area (Å²) < 4.78 is 0. The average molecular weight is 318 g/mol. The molecule has 0 radical (unpaired) electrons. The van der Waals surface area contributed by atoms with Gasteiger partial charge in [-0.3, -0.25) is 4.99 Å². The lowest BCUT2D eigenvalue weighted by molar-refractivity contribution is 0.595. The van der Waals surface area contributed by atoms with Crippen molar-refractivity contribution < 1.29 is 0 Å². The Balaban J connectivity index is 2.24. The molecule has 1 aromatic heterocycles. The molecule has 1 rings (SSSR count). The number of hydrogen-bond donors (Lipinski definition) is 3. The maximum Gasteiger partial charge on any atom is 0.188 e. The molecular weight excluding hydrogens is 297 g/mol. The molecule has 1 heterocycles. The molecule has 0 spiro atoms. The Hall–Kier alpha value is -1.20. The van der Waals surface area contributed by atoms with E-state index in [1.54, 1.807) is 12.3 Å². The molecule has 0 aromatic carbocycles. The second-order valence-corrected chi connectivity index (χ2v) is 5.63. The molecule has 0 aliphatic heterocycles. The lowest BCUT2D eigenvalue weighted by Crippen LogP contribution is -2.35. The van der Waals surface area contributed by atoms with Crippen molar-refractivity contribution in [2.24, 2.45) is 16.6 Å². The second-order valence-electron chi connectivity index (χ2n) is 4.79. The molecule has 7 heteroatoms. The highest BCUT2D eigenvalue weighted by Gasteiger charge is 2.01. The molecule has 0 saturated heterocycles. The third-order valence-electron chi connectivity index (χ3n) is 2.52. The quantitative estimate of drug-likeness (QED) is 0.410. The van der Waals surface area contributed by atoms with E-state index in [1.807, 2.05) is 0 Å². The fourth-order valence-electron chi connectivity index (χ4n) is 1.42. The number of nitrogens with two attached hydrogens (primary N) is 1. The van der Waals surface area contributed by atoms with E-state index in [9.17, 15) is 0 Å². The van der Waals surface area contributed by atoms with E-state index >= 15 is 0 Å². The Kier molecular flexibility index (Phi) is 7.47. The summed E-state index contributed by atoms with van der Waals surface area (Å²) in [6.45, 7) is 6.33. The number of nitrogens with one attached hydrogen (secondary N) is 2. The number of halogens is 2. The van der Waals surface area contributed by atoms with E-state index in [2.05, 4.69) is 34.5 Å². The zero-order chi connectivity index (χ0) is 15.0. The number of guanidine groups is 1. The van der Waals surface area contributed by atoms with E-state index in [-0.39, 0.29) is 0 Å². The normalized spacial score (nSPS) is 11.8. The monoisotopic (exact) mass is 317 g/mol. The van der Waals surface area contributed by atoms with Crippen LogP contribution < -0.4 is 16.4 Å². The van der Waals surface area contributed by atoms with Crippen molar-refractivity contribution >= 4 is 35.0 Å². The minimum Gasteiger partial charge on any atom is -0.370 e. The zero-order valence-electron chi connectivity index (χ0n) is 11.8. The van der Waals surface area contributed by atoms with Crippen molar-refractivity contribution in [3.05, 3.63) is 22.3 Å². The lowest BCUT2D eigenvalue weighted by atomic mass is 10.1. The van der Waals surface area contributed by atoms with Crippen LogP contribution in [0.2, 0.25) is 10.0 Å². The van der Waals surface area contributed by atoms with Gasteiger partial charge in [-0.25, -0.2) is 4.98 Å². The van der Waals surface area contributed by atoms with Crippen LogP contribution in [-0.4, -0.2) is 30.6 Å². The van der Waals surface area contributed by atoms with Gasteiger partial charge < -0.3 is 16.4 Å². The maximum absolute atomic E-state index is 5.99. The number of anilines is 1. The molecule has 0 aliphatic rings. The van der Waals surface area contributed by atoms with Gasteiger partial charge in [0, 0.05) is 25.8 Å². The van der Waals surface area contributed by atoms with Crippen molar-refractivity contribution in [2.45, 2.75) is 20.3 Å². The third kappa shape index (κ3) is 6.82. The first kappa shape index (κ1) is 16.9. The first-order valence-corrected chi connectivity index (χ1v) is 7.33. The number of aromatic nitrogens is 1. The number of rotatable bonds is 7. The average Bonchev–Trinajstić information content (AvgIpc) is 2.36. The van der Waals surface area contributed by atoms with Gasteiger partial charge in [0.25, 0.3) is 0 Å². The minimum absolute atomic E-state index is 0.461. The van der Waals surface area contributed by atoms with E-state index in [0.717, 1.165) is 13.0 Å². The summed E-state index contributed by atoms with van der Waals surface area (Å²) in [4.78, 5) is 8.33. The van der Waals surface area contributed by atoms with Gasteiger partial charge in [-0.2, -0.15) is 0 Å². The number of pyridine rings is 1. The molecule has 1 aromatic rings. The molecule has 5 nitrogen and oxygen atoms in total. The topological polar surface area (TPSA) is 75.3 Å². The number of aliphatic imine (C=N–C) groups is 1. The summed E-state index contributed by atoms with van der Waals surface area (Å²) in [7, 11) is 0. The van der Waals surface area contributed by atoms with E-state index < -0.39 is 0 Å². The standard InChI is InChI=1S/C13H21Cl2N5/c1-9(2)3-4-18-13(16)19-6-5-17-12-11(15)7-10(14)8-20-12/h7-9H,3-6H2,1-2H3,(H,17,20)(H3,16,18,19). The van der Waals surface area contributed by atoms with E-state index in [1.165, 1.54) is 0 Å². The summed E-state index contributed by atoms with van der Waals surface area (Å²) >= 11 is 11.8. The largest absolute Gasteiger partial charge is 0.370 e. The SMILES string of the molecule is CC(C)CCN=C(N)NCCNc1ncc(Cl)cc1Cl. The number of nitrogens with zero attached hydrogens (tertiary/aromatic N) is 2. The zero-order valence-corrected chi connectivity index (χ0v) is 13.3. The Bertz CT molecular complexity index is 448. The molecule has 0 bridgehead atoms. The Morgan fingerprint density at radius 1 is 1.40 bits per heavy atom. The van der Waals surface area contributed by atoms with Gasteiger partial charge in [0.2, 0.25) is 0 Å². The molecule has 0 unspecified atom stereocenters. The van der Waals surface area contributed by atoms with Crippen LogP contribution in [0.3, 0.4) is 0 Å². The molecule has 0 aliphatic carbocycles.